The summed E-state index contributed by atoms with van der Waals surface area (Å²) < 4.78 is 0. The summed E-state index contributed by atoms with van der Waals surface area (Å²) >= 11 is 6.34. The van der Waals surface area contributed by atoms with Crippen molar-refractivity contribution in [2.45, 2.75) is 31.7 Å². The van der Waals surface area contributed by atoms with Crippen molar-refractivity contribution in [3.63, 3.8) is 0 Å². The van der Waals surface area contributed by atoms with Gasteiger partial charge in [-0.2, -0.15) is 0 Å². The molecule has 0 spiro atoms. The van der Waals surface area contributed by atoms with Crippen molar-refractivity contribution in [3.8, 4) is 0 Å². The van der Waals surface area contributed by atoms with Gasteiger partial charge in [0.25, 0.3) is 0 Å². The van der Waals surface area contributed by atoms with Crippen molar-refractivity contribution >= 4 is 11.6 Å². The molecule has 1 aromatic carbocycles. The lowest BCUT2D eigenvalue weighted by molar-refractivity contribution is 0.259. The lowest BCUT2D eigenvalue weighted by Gasteiger charge is -2.31. The molecule has 0 aliphatic heterocycles. The van der Waals surface area contributed by atoms with E-state index in [-0.39, 0.29) is 0 Å². The van der Waals surface area contributed by atoms with E-state index in [9.17, 15) is 0 Å². The molecule has 2 saturated carbocycles. The van der Waals surface area contributed by atoms with Crippen molar-refractivity contribution in [1.29, 1.82) is 0 Å². The van der Waals surface area contributed by atoms with Crippen molar-refractivity contribution < 1.29 is 0 Å². The standard InChI is InChI=1S/C15H20ClN/c1-17-15(12-4-2-3-5-14(12)16)13-9-10-6-7-11(13)8-10/h2-5,10-11,13,15,17H,6-9H2,1H3. The number of benzene rings is 1. The van der Waals surface area contributed by atoms with E-state index >= 15 is 0 Å². The van der Waals surface area contributed by atoms with Crippen molar-refractivity contribution in [1.82, 2.24) is 5.32 Å². The summed E-state index contributed by atoms with van der Waals surface area (Å²) in [6, 6.07) is 8.74. The Labute approximate surface area is 109 Å². The molecule has 1 N–H and O–H groups in total. The van der Waals surface area contributed by atoms with Crippen LogP contribution in [0.1, 0.15) is 37.3 Å². The van der Waals surface area contributed by atoms with Gasteiger partial charge in [0.15, 0.2) is 0 Å². The van der Waals surface area contributed by atoms with Crippen LogP contribution >= 0.6 is 11.6 Å². The second-order valence-electron chi connectivity index (χ2n) is 5.63. The number of hydrogen-bond acceptors (Lipinski definition) is 1. The van der Waals surface area contributed by atoms with Crippen LogP contribution in [0.2, 0.25) is 5.02 Å². The third kappa shape index (κ3) is 2.00. The number of fused-ring (bicyclic) bond motifs is 2. The van der Waals surface area contributed by atoms with Gasteiger partial charge in [0, 0.05) is 11.1 Å². The zero-order valence-corrected chi connectivity index (χ0v) is 11.1. The maximum absolute atomic E-state index is 6.34. The predicted molar refractivity (Wildman–Crippen MR) is 72.2 cm³/mol. The van der Waals surface area contributed by atoms with Gasteiger partial charge in [-0.05, 0) is 55.7 Å². The van der Waals surface area contributed by atoms with E-state index in [1.807, 2.05) is 12.1 Å². The van der Waals surface area contributed by atoms with Crippen LogP contribution in [0.4, 0.5) is 0 Å². The Kier molecular flexibility index (Phi) is 3.14. The normalized spacial score (nSPS) is 32.9. The summed E-state index contributed by atoms with van der Waals surface area (Å²) in [6.45, 7) is 0. The summed E-state index contributed by atoms with van der Waals surface area (Å²) in [5, 5.41) is 4.41. The molecule has 2 aliphatic carbocycles. The zero-order chi connectivity index (χ0) is 11.8. The van der Waals surface area contributed by atoms with E-state index in [4.69, 9.17) is 11.6 Å². The van der Waals surface area contributed by atoms with Gasteiger partial charge in [-0.1, -0.05) is 36.2 Å². The molecule has 3 rings (SSSR count). The van der Waals surface area contributed by atoms with Gasteiger partial charge in [0.1, 0.15) is 0 Å². The third-order valence-electron chi connectivity index (χ3n) is 4.77. The van der Waals surface area contributed by atoms with Crippen molar-refractivity contribution in [2.24, 2.45) is 17.8 Å². The topological polar surface area (TPSA) is 12.0 Å². The fourth-order valence-corrected chi connectivity index (χ4v) is 4.28. The molecule has 0 radical (unpaired) electrons. The van der Waals surface area contributed by atoms with Gasteiger partial charge < -0.3 is 5.32 Å². The minimum Gasteiger partial charge on any atom is -0.313 e. The molecule has 0 aromatic heterocycles. The molecule has 0 heterocycles. The van der Waals surface area contributed by atoms with Gasteiger partial charge in [-0.25, -0.2) is 0 Å². The Hall–Kier alpha value is -0.530. The van der Waals surface area contributed by atoms with E-state index in [0.29, 0.717) is 6.04 Å². The predicted octanol–water partition coefficient (Wildman–Crippen LogP) is 4.04. The molecule has 4 unspecified atom stereocenters. The molecular weight excluding hydrogens is 230 g/mol. The number of hydrogen-bond donors (Lipinski definition) is 1. The molecule has 2 aliphatic rings. The first kappa shape index (κ1) is 11.6. The van der Waals surface area contributed by atoms with E-state index in [1.54, 1.807) is 0 Å². The van der Waals surface area contributed by atoms with Crippen molar-refractivity contribution in [3.05, 3.63) is 34.9 Å². The Bertz CT molecular complexity index is 404. The number of halogens is 1. The van der Waals surface area contributed by atoms with Gasteiger partial charge in [0.2, 0.25) is 0 Å². The average molecular weight is 250 g/mol. The van der Waals surface area contributed by atoms with Crippen LogP contribution in [0.15, 0.2) is 24.3 Å². The number of nitrogens with one attached hydrogen (secondary N) is 1. The summed E-state index contributed by atoms with van der Waals surface area (Å²) in [6.07, 6.45) is 5.73. The summed E-state index contributed by atoms with van der Waals surface area (Å²) in [5.74, 6) is 2.70. The zero-order valence-electron chi connectivity index (χ0n) is 10.3. The van der Waals surface area contributed by atoms with Crippen LogP contribution in [0, 0.1) is 17.8 Å². The highest BCUT2D eigenvalue weighted by Gasteiger charge is 2.43. The minimum absolute atomic E-state index is 0.444. The fourth-order valence-electron chi connectivity index (χ4n) is 4.03. The minimum atomic E-state index is 0.444. The molecule has 17 heavy (non-hydrogen) atoms. The Morgan fingerprint density at radius 2 is 2.06 bits per heavy atom. The lowest BCUT2D eigenvalue weighted by atomic mass is 9.80. The van der Waals surface area contributed by atoms with Gasteiger partial charge in [-0.15, -0.1) is 0 Å². The molecule has 0 saturated heterocycles. The molecular formula is C15H20ClN. The first-order valence-electron chi connectivity index (χ1n) is 6.71. The first-order valence-corrected chi connectivity index (χ1v) is 7.09. The molecule has 2 bridgehead atoms. The number of rotatable bonds is 3. The highest BCUT2D eigenvalue weighted by Crippen LogP contribution is 2.52. The smallest absolute Gasteiger partial charge is 0.0453 e. The van der Waals surface area contributed by atoms with Crippen LogP contribution in [0.3, 0.4) is 0 Å². The van der Waals surface area contributed by atoms with Gasteiger partial charge in [0.05, 0.1) is 0 Å². The van der Waals surface area contributed by atoms with E-state index in [1.165, 1.54) is 31.2 Å². The molecule has 1 nitrogen and oxygen atoms in total. The molecule has 1 aromatic rings. The SMILES string of the molecule is CNC(c1ccccc1Cl)C1CC2CCC1C2. The van der Waals surface area contributed by atoms with Crippen molar-refractivity contribution in [2.75, 3.05) is 7.05 Å². The van der Waals surface area contributed by atoms with E-state index < -0.39 is 0 Å². The van der Waals surface area contributed by atoms with Crippen LogP contribution in [-0.4, -0.2) is 7.05 Å². The fraction of sp³-hybridized carbons (Fsp3) is 0.600. The Morgan fingerprint density at radius 1 is 1.24 bits per heavy atom. The lowest BCUT2D eigenvalue weighted by Crippen LogP contribution is -2.29. The highest BCUT2D eigenvalue weighted by atomic mass is 35.5. The van der Waals surface area contributed by atoms with Crippen LogP contribution in [-0.2, 0) is 0 Å². The van der Waals surface area contributed by atoms with Gasteiger partial charge in [-0.3, -0.25) is 0 Å². The second-order valence-corrected chi connectivity index (χ2v) is 6.03. The Morgan fingerprint density at radius 3 is 2.65 bits per heavy atom. The van der Waals surface area contributed by atoms with Gasteiger partial charge >= 0.3 is 0 Å². The van der Waals surface area contributed by atoms with Crippen LogP contribution in [0.5, 0.6) is 0 Å². The monoisotopic (exact) mass is 249 g/mol. The third-order valence-corrected chi connectivity index (χ3v) is 5.12. The quantitative estimate of drug-likeness (QED) is 0.853. The molecule has 0 amide bonds. The molecule has 2 fully saturated rings. The summed E-state index contributed by atoms with van der Waals surface area (Å²) in [4.78, 5) is 0. The average Bonchev–Trinajstić information content (AvgIpc) is 2.95. The second kappa shape index (κ2) is 4.62. The van der Waals surface area contributed by atoms with E-state index in [0.717, 1.165) is 22.8 Å². The molecule has 92 valence electrons. The van der Waals surface area contributed by atoms with E-state index in [2.05, 4.69) is 24.5 Å². The maximum Gasteiger partial charge on any atom is 0.0453 e. The highest BCUT2D eigenvalue weighted by molar-refractivity contribution is 6.31. The molecule has 2 heteroatoms. The van der Waals surface area contributed by atoms with Crippen LogP contribution in [0.25, 0.3) is 0 Å². The summed E-state index contributed by atoms with van der Waals surface area (Å²) in [5.41, 5.74) is 1.29. The molecule has 4 atom stereocenters. The first-order chi connectivity index (χ1) is 8.29. The Balaban J connectivity index is 1.87. The van der Waals surface area contributed by atoms with Crippen LogP contribution < -0.4 is 5.32 Å². The maximum atomic E-state index is 6.34. The largest absolute Gasteiger partial charge is 0.313 e. The summed E-state index contributed by atoms with van der Waals surface area (Å²) in [7, 11) is 2.07.